The molecule has 1 rings (SSSR count). The molecule has 2 unspecified atom stereocenters. The Balaban J connectivity index is 2.48. The highest BCUT2D eigenvalue weighted by molar-refractivity contribution is 4.55. The lowest BCUT2D eigenvalue weighted by Gasteiger charge is -2.32. The summed E-state index contributed by atoms with van der Waals surface area (Å²) in [7, 11) is 2.15. The van der Waals surface area contributed by atoms with Crippen LogP contribution in [0.2, 0.25) is 0 Å². The highest BCUT2D eigenvalue weighted by Gasteiger charge is 2.35. The number of quaternary nitrogens is 1. The summed E-state index contributed by atoms with van der Waals surface area (Å²) in [6, 6.07) is 0. The summed E-state index contributed by atoms with van der Waals surface area (Å²) >= 11 is 0. The highest BCUT2D eigenvalue weighted by atomic mass is 16.3. The molecule has 1 aliphatic heterocycles. The smallest absolute Gasteiger partial charge is 0.190 e. The number of hydrogen-bond acceptors (Lipinski definition) is 1. The van der Waals surface area contributed by atoms with Gasteiger partial charge in [-0.25, -0.2) is 0 Å². The van der Waals surface area contributed by atoms with Crippen molar-refractivity contribution >= 4 is 0 Å². The first kappa shape index (κ1) is 8.02. The predicted octanol–water partition coefficient (Wildman–Crippen LogP) is 0.955. The molecule has 1 fully saturated rings. The quantitative estimate of drug-likeness (QED) is 0.572. The van der Waals surface area contributed by atoms with Gasteiger partial charge in [0, 0.05) is 12.8 Å². The van der Waals surface area contributed by atoms with E-state index in [9.17, 15) is 5.11 Å². The average molecular weight is 144 g/mol. The van der Waals surface area contributed by atoms with Crippen molar-refractivity contribution in [3.05, 3.63) is 0 Å². The number of aliphatic hydroxyl groups excluding tert-OH is 1. The zero-order valence-corrected chi connectivity index (χ0v) is 7.01. The molecular formula is C8H18NO+. The molecule has 2 atom stereocenters. The summed E-state index contributed by atoms with van der Waals surface area (Å²) in [5.41, 5.74) is 0. The largest absolute Gasteiger partial charge is 0.345 e. The number of aliphatic hydroxyl groups is 1. The first-order valence-electron chi connectivity index (χ1n) is 4.21. The Kier molecular flexibility index (Phi) is 2.32. The molecule has 60 valence electrons. The summed E-state index contributed by atoms with van der Waals surface area (Å²) in [5.74, 6) is 0. The molecule has 0 aliphatic carbocycles. The van der Waals surface area contributed by atoms with Crippen molar-refractivity contribution in [3.63, 3.8) is 0 Å². The molecule has 0 bridgehead atoms. The van der Waals surface area contributed by atoms with Crippen LogP contribution in [0.4, 0.5) is 0 Å². The number of nitrogens with zero attached hydrogens (tertiary/aromatic N) is 1. The predicted molar refractivity (Wildman–Crippen MR) is 41.5 cm³/mol. The molecule has 0 saturated carbocycles. The third kappa shape index (κ3) is 1.32. The van der Waals surface area contributed by atoms with Crippen LogP contribution in [0.25, 0.3) is 0 Å². The molecule has 1 N–H and O–H groups in total. The fourth-order valence-electron chi connectivity index (χ4n) is 1.87. The van der Waals surface area contributed by atoms with Gasteiger partial charge in [-0.1, -0.05) is 6.92 Å². The third-order valence-electron chi connectivity index (χ3n) is 2.59. The van der Waals surface area contributed by atoms with E-state index >= 15 is 0 Å². The molecule has 1 heterocycles. The van der Waals surface area contributed by atoms with E-state index in [1.165, 1.54) is 12.8 Å². The van der Waals surface area contributed by atoms with Gasteiger partial charge in [-0.05, 0) is 6.42 Å². The van der Waals surface area contributed by atoms with Crippen LogP contribution in [-0.4, -0.2) is 36.0 Å². The van der Waals surface area contributed by atoms with Gasteiger partial charge in [-0.2, -0.15) is 0 Å². The molecule has 0 aromatic rings. The van der Waals surface area contributed by atoms with E-state index < -0.39 is 0 Å². The normalized spacial score (nSPS) is 40.5. The monoisotopic (exact) mass is 144 g/mol. The maximum atomic E-state index is 9.55. The molecule has 10 heavy (non-hydrogen) atoms. The maximum absolute atomic E-state index is 9.55. The van der Waals surface area contributed by atoms with Gasteiger partial charge in [0.1, 0.15) is 0 Å². The molecule has 0 amide bonds. The first-order chi connectivity index (χ1) is 4.69. The Morgan fingerprint density at radius 3 is 2.70 bits per heavy atom. The lowest BCUT2D eigenvalue weighted by atomic mass is 10.3. The van der Waals surface area contributed by atoms with Gasteiger partial charge in [-0.15, -0.1) is 0 Å². The van der Waals surface area contributed by atoms with Crippen molar-refractivity contribution in [1.82, 2.24) is 0 Å². The Morgan fingerprint density at radius 2 is 2.30 bits per heavy atom. The van der Waals surface area contributed by atoms with E-state index in [-0.39, 0.29) is 6.23 Å². The van der Waals surface area contributed by atoms with Crippen molar-refractivity contribution in [2.45, 2.75) is 32.4 Å². The maximum Gasteiger partial charge on any atom is 0.190 e. The van der Waals surface area contributed by atoms with Crippen molar-refractivity contribution < 1.29 is 9.59 Å². The minimum Gasteiger partial charge on any atom is -0.345 e. The summed E-state index contributed by atoms with van der Waals surface area (Å²) < 4.78 is 0.885. The fraction of sp³-hybridized carbons (Fsp3) is 1.00. The van der Waals surface area contributed by atoms with Gasteiger partial charge in [0.05, 0.1) is 20.1 Å². The van der Waals surface area contributed by atoms with Crippen LogP contribution in [0.5, 0.6) is 0 Å². The van der Waals surface area contributed by atoms with Crippen LogP contribution in [0.3, 0.4) is 0 Å². The van der Waals surface area contributed by atoms with Crippen molar-refractivity contribution in [2.75, 3.05) is 20.1 Å². The molecule has 1 aliphatic rings. The van der Waals surface area contributed by atoms with Crippen LogP contribution in [-0.2, 0) is 0 Å². The SMILES string of the molecule is CCC[N+]1(C)CCCC1O. The molecule has 0 aromatic carbocycles. The van der Waals surface area contributed by atoms with Gasteiger partial charge in [-0.3, -0.25) is 0 Å². The molecule has 0 spiro atoms. The zero-order chi connectivity index (χ0) is 7.61. The van der Waals surface area contributed by atoms with E-state index in [0.717, 1.165) is 24.0 Å². The second kappa shape index (κ2) is 2.89. The van der Waals surface area contributed by atoms with Gasteiger partial charge in [0.25, 0.3) is 0 Å². The van der Waals surface area contributed by atoms with E-state index in [1.807, 2.05) is 0 Å². The minimum atomic E-state index is -0.0834. The third-order valence-corrected chi connectivity index (χ3v) is 2.59. The molecular weight excluding hydrogens is 126 g/mol. The van der Waals surface area contributed by atoms with Crippen molar-refractivity contribution in [1.29, 1.82) is 0 Å². The second-order valence-corrected chi connectivity index (χ2v) is 3.55. The van der Waals surface area contributed by atoms with Crippen LogP contribution < -0.4 is 0 Å². The van der Waals surface area contributed by atoms with Gasteiger partial charge in [0.15, 0.2) is 6.23 Å². The van der Waals surface area contributed by atoms with Crippen LogP contribution in [0.15, 0.2) is 0 Å². The number of likely N-dealkylation sites (tertiary alicyclic amines) is 1. The number of hydrogen-bond donors (Lipinski definition) is 1. The molecule has 0 aromatic heterocycles. The standard InChI is InChI=1S/C8H18NO/c1-3-6-9(2)7-4-5-8(9)10/h8,10H,3-7H2,1-2H3/q+1. The molecule has 1 saturated heterocycles. The van der Waals surface area contributed by atoms with E-state index in [4.69, 9.17) is 0 Å². The zero-order valence-electron chi connectivity index (χ0n) is 7.01. The van der Waals surface area contributed by atoms with E-state index in [2.05, 4.69) is 14.0 Å². The Hall–Kier alpha value is -0.0800. The number of rotatable bonds is 2. The van der Waals surface area contributed by atoms with Crippen molar-refractivity contribution in [3.8, 4) is 0 Å². The van der Waals surface area contributed by atoms with Gasteiger partial charge < -0.3 is 9.59 Å². The summed E-state index contributed by atoms with van der Waals surface area (Å²) in [6.07, 6.45) is 3.28. The fourth-order valence-corrected chi connectivity index (χ4v) is 1.87. The van der Waals surface area contributed by atoms with Gasteiger partial charge in [0.2, 0.25) is 0 Å². The molecule has 2 nitrogen and oxygen atoms in total. The second-order valence-electron chi connectivity index (χ2n) is 3.55. The first-order valence-corrected chi connectivity index (χ1v) is 4.21. The summed E-state index contributed by atoms with van der Waals surface area (Å²) in [4.78, 5) is 0. The lowest BCUT2D eigenvalue weighted by molar-refractivity contribution is -0.941. The van der Waals surface area contributed by atoms with Crippen LogP contribution in [0.1, 0.15) is 26.2 Å². The molecule has 2 heteroatoms. The van der Waals surface area contributed by atoms with E-state index in [0.29, 0.717) is 0 Å². The summed E-state index contributed by atoms with van der Waals surface area (Å²) in [5, 5.41) is 9.55. The topological polar surface area (TPSA) is 20.2 Å². The van der Waals surface area contributed by atoms with Gasteiger partial charge >= 0.3 is 0 Å². The Labute approximate surface area is 63.1 Å². The van der Waals surface area contributed by atoms with Crippen LogP contribution >= 0.6 is 0 Å². The summed E-state index contributed by atoms with van der Waals surface area (Å²) in [6.45, 7) is 4.46. The highest BCUT2D eigenvalue weighted by Crippen LogP contribution is 2.22. The van der Waals surface area contributed by atoms with Crippen molar-refractivity contribution in [2.24, 2.45) is 0 Å². The van der Waals surface area contributed by atoms with E-state index in [1.54, 1.807) is 0 Å². The Morgan fingerprint density at radius 1 is 1.60 bits per heavy atom. The van der Waals surface area contributed by atoms with Crippen LogP contribution in [0, 0.1) is 0 Å². The minimum absolute atomic E-state index is 0.0834. The Bertz CT molecular complexity index is 116. The lowest BCUT2D eigenvalue weighted by Crippen LogP contribution is -2.48. The molecule has 0 radical (unpaired) electrons. The average Bonchev–Trinajstić information content (AvgIpc) is 2.15.